The Morgan fingerprint density at radius 1 is 0.893 bits per heavy atom. The molecule has 2 nitrogen and oxygen atoms in total. The van der Waals surface area contributed by atoms with Crippen molar-refractivity contribution in [1.82, 2.24) is 0 Å². The van der Waals surface area contributed by atoms with E-state index in [4.69, 9.17) is 5.79 Å². The van der Waals surface area contributed by atoms with E-state index in [1.165, 1.54) is 21.7 Å². The second-order valence-corrected chi connectivity index (χ2v) is 7.76. The van der Waals surface area contributed by atoms with E-state index in [9.17, 15) is 0 Å². The summed E-state index contributed by atoms with van der Waals surface area (Å²) in [4.78, 5) is 0. The molecule has 0 unspecified atom stereocenters. The third-order valence-electron chi connectivity index (χ3n) is 5.76. The van der Waals surface area contributed by atoms with Crippen LogP contribution < -0.4 is 4.57 Å². The van der Waals surface area contributed by atoms with E-state index in [-0.39, 0.29) is 0 Å². The number of hydrogen-bond acceptors (Lipinski definition) is 1. The average molecular weight is 367 g/mol. The van der Waals surface area contributed by atoms with Crippen molar-refractivity contribution in [3.05, 3.63) is 78.0 Å². The zero-order valence-electron chi connectivity index (χ0n) is 17.7. The molecule has 2 heteroatoms. The normalized spacial score (nSPS) is 12.8. The summed E-state index contributed by atoms with van der Waals surface area (Å²) in [5.74, 6) is -0.636. The zero-order chi connectivity index (χ0) is 20.3. The maximum atomic E-state index is 8.37. The van der Waals surface area contributed by atoms with E-state index < -0.39 is 5.89 Å². The summed E-state index contributed by atoms with van der Waals surface area (Å²) in [7, 11) is 2.05. The lowest BCUT2D eigenvalue weighted by Crippen LogP contribution is -2.31. The number of nitrogens with zero attached hydrogens (tertiary/aromatic N) is 1. The minimum Gasteiger partial charge on any atom is -0.455 e. The van der Waals surface area contributed by atoms with Crippen LogP contribution in [-0.2, 0) is 7.05 Å². The number of fused-ring (bicyclic) bond motifs is 5. The van der Waals surface area contributed by atoms with Crippen molar-refractivity contribution in [3.63, 3.8) is 0 Å². The lowest BCUT2D eigenvalue weighted by molar-refractivity contribution is -0.660. The maximum absolute atomic E-state index is 8.37. The lowest BCUT2D eigenvalue weighted by Gasteiger charge is -2.11. The Hall–Kier alpha value is -3.13. The van der Waals surface area contributed by atoms with E-state index in [1.807, 2.05) is 33.0 Å². The molecule has 0 bridgehead atoms. The monoisotopic (exact) mass is 367 g/mol. The third-order valence-corrected chi connectivity index (χ3v) is 5.76. The molecule has 2 heterocycles. The van der Waals surface area contributed by atoms with Crippen LogP contribution >= 0.6 is 0 Å². The van der Waals surface area contributed by atoms with E-state index in [0.29, 0.717) is 0 Å². The standard InChI is InChI=1S/C26H24NO/c1-16(2)18-13-14-22(27(4)15-18)24-17(3)19-9-5-6-10-20(19)25-21-11-7-8-12-23(21)28-26(24)25/h5-16H,1-4H3/q+1/i16D. The van der Waals surface area contributed by atoms with Gasteiger partial charge < -0.3 is 4.42 Å². The molecular formula is C26H24NO+. The van der Waals surface area contributed by atoms with Crippen molar-refractivity contribution in [1.29, 1.82) is 0 Å². The van der Waals surface area contributed by atoms with Gasteiger partial charge in [0.2, 0.25) is 5.69 Å². The highest BCUT2D eigenvalue weighted by molar-refractivity contribution is 6.23. The molecule has 0 fully saturated rings. The molecule has 2 aromatic heterocycles. The highest BCUT2D eigenvalue weighted by Crippen LogP contribution is 2.42. The zero-order valence-corrected chi connectivity index (χ0v) is 16.7. The van der Waals surface area contributed by atoms with Crippen molar-refractivity contribution >= 4 is 32.7 Å². The molecule has 0 saturated heterocycles. The van der Waals surface area contributed by atoms with Crippen molar-refractivity contribution in [2.45, 2.75) is 26.7 Å². The summed E-state index contributed by atoms with van der Waals surface area (Å²) < 4.78 is 16.9. The van der Waals surface area contributed by atoms with E-state index in [2.05, 4.69) is 66.2 Å². The molecule has 0 N–H and O–H groups in total. The molecule has 3 aromatic carbocycles. The van der Waals surface area contributed by atoms with Gasteiger partial charge in [-0.05, 0) is 41.3 Å². The number of rotatable bonds is 2. The topological polar surface area (TPSA) is 17.0 Å². The van der Waals surface area contributed by atoms with Crippen molar-refractivity contribution in [2.75, 3.05) is 0 Å². The second-order valence-electron chi connectivity index (χ2n) is 7.76. The van der Waals surface area contributed by atoms with Crippen molar-refractivity contribution in [2.24, 2.45) is 7.05 Å². The first kappa shape index (κ1) is 15.9. The Morgan fingerprint density at radius 3 is 2.29 bits per heavy atom. The van der Waals surface area contributed by atoms with Gasteiger partial charge in [0.25, 0.3) is 0 Å². The fraction of sp³-hybridized carbons (Fsp3) is 0.192. The summed E-state index contributed by atoms with van der Waals surface area (Å²) in [6, 6.07) is 21.0. The van der Waals surface area contributed by atoms with Gasteiger partial charge in [0.15, 0.2) is 6.20 Å². The summed E-state index contributed by atoms with van der Waals surface area (Å²) in [6.07, 6.45) is 2.06. The predicted octanol–water partition coefficient (Wildman–Crippen LogP) is 6.66. The molecule has 0 spiro atoms. The molecule has 0 aliphatic rings. The number of para-hydroxylation sites is 1. The van der Waals surface area contributed by atoms with Crippen LogP contribution in [0.25, 0.3) is 44.0 Å². The predicted molar refractivity (Wildman–Crippen MR) is 117 cm³/mol. The quantitative estimate of drug-likeness (QED) is 0.319. The van der Waals surface area contributed by atoms with Crippen LogP contribution in [-0.4, -0.2) is 0 Å². The minimum absolute atomic E-state index is 0.636. The smallest absolute Gasteiger partial charge is 0.216 e. The number of pyridine rings is 1. The Labute approximate surface area is 166 Å². The fourth-order valence-corrected chi connectivity index (χ4v) is 4.29. The Bertz CT molecular complexity index is 1410. The fourth-order valence-electron chi connectivity index (χ4n) is 4.29. The van der Waals surface area contributed by atoms with Gasteiger partial charge in [-0.15, -0.1) is 0 Å². The molecular weight excluding hydrogens is 342 g/mol. The van der Waals surface area contributed by atoms with Crippen LogP contribution in [0.3, 0.4) is 0 Å². The van der Waals surface area contributed by atoms with E-state index >= 15 is 0 Å². The molecule has 0 amide bonds. The maximum Gasteiger partial charge on any atom is 0.216 e. The highest BCUT2D eigenvalue weighted by Gasteiger charge is 2.24. The first-order valence-corrected chi connectivity index (χ1v) is 9.69. The lowest BCUT2D eigenvalue weighted by atomic mass is 9.93. The van der Waals surface area contributed by atoms with Gasteiger partial charge in [0.05, 0.1) is 5.56 Å². The average Bonchev–Trinajstić information content (AvgIpc) is 3.07. The highest BCUT2D eigenvalue weighted by atomic mass is 16.3. The first-order chi connectivity index (χ1) is 13.9. The molecule has 28 heavy (non-hydrogen) atoms. The molecule has 0 aliphatic carbocycles. The van der Waals surface area contributed by atoms with Crippen molar-refractivity contribution in [3.8, 4) is 11.3 Å². The number of furan rings is 1. The molecule has 0 saturated carbocycles. The van der Waals surface area contributed by atoms with Gasteiger partial charge in [-0.1, -0.05) is 56.3 Å². The largest absolute Gasteiger partial charge is 0.455 e. The van der Waals surface area contributed by atoms with Gasteiger partial charge in [-0.25, -0.2) is 4.57 Å². The van der Waals surface area contributed by atoms with Gasteiger partial charge in [-0.2, -0.15) is 0 Å². The summed E-state index contributed by atoms with van der Waals surface area (Å²) >= 11 is 0. The number of aryl methyl sites for hydroxylation is 2. The number of aromatic nitrogens is 1. The van der Waals surface area contributed by atoms with Gasteiger partial charge in [0, 0.05) is 23.8 Å². The summed E-state index contributed by atoms with van der Waals surface area (Å²) in [5, 5.41) is 4.78. The molecule has 0 atom stereocenters. The summed E-state index contributed by atoms with van der Waals surface area (Å²) in [6.45, 7) is 6.01. The van der Waals surface area contributed by atoms with Crippen LogP contribution in [0, 0.1) is 6.92 Å². The Balaban J connectivity index is 1.95. The van der Waals surface area contributed by atoms with E-state index in [0.717, 1.165) is 33.4 Å². The van der Waals surface area contributed by atoms with Crippen LogP contribution in [0.1, 0.15) is 32.2 Å². The van der Waals surface area contributed by atoms with Gasteiger partial charge >= 0.3 is 0 Å². The van der Waals surface area contributed by atoms with Crippen LogP contribution in [0.2, 0.25) is 0 Å². The molecule has 5 aromatic rings. The van der Waals surface area contributed by atoms with Crippen molar-refractivity contribution < 1.29 is 10.4 Å². The third kappa shape index (κ3) is 2.37. The molecule has 0 aliphatic heterocycles. The van der Waals surface area contributed by atoms with Crippen LogP contribution in [0.15, 0.2) is 71.3 Å². The number of benzene rings is 3. The minimum atomic E-state index is -0.636. The van der Waals surface area contributed by atoms with Gasteiger partial charge in [-0.3, -0.25) is 0 Å². The molecule has 5 rings (SSSR count). The number of hydrogen-bond donors (Lipinski definition) is 0. The Kier molecular flexibility index (Phi) is 3.52. The van der Waals surface area contributed by atoms with Crippen LogP contribution in [0.4, 0.5) is 0 Å². The molecule has 138 valence electrons. The van der Waals surface area contributed by atoms with Gasteiger partial charge in [0.1, 0.15) is 18.2 Å². The Morgan fingerprint density at radius 2 is 1.57 bits per heavy atom. The second kappa shape index (κ2) is 6.20. The SMILES string of the molecule is [2H]C(C)(C)c1ccc(-c2c(C)c3ccccc3c3c2oc2ccccc23)[n+](C)c1. The summed E-state index contributed by atoms with van der Waals surface area (Å²) in [5.41, 5.74) is 6.24. The van der Waals surface area contributed by atoms with Crippen LogP contribution in [0.5, 0.6) is 0 Å². The first-order valence-electron chi connectivity index (χ1n) is 10.2. The van der Waals surface area contributed by atoms with E-state index in [1.54, 1.807) is 0 Å². The molecule has 0 radical (unpaired) electrons.